The lowest BCUT2D eigenvalue weighted by molar-refractivity contribution is -0.132. The second-order valence-electron chi connectivity index (χ2n) is 7.43. The number of nitrogens with zero attached hydrogens (tertiary/aromatic N) is 4. The fraction of sp³-hybridized carbons (Fsp3) is 0.333. The van der Waals surface area contributed by atoms with Gasteiger partial charge in [-0.05, 0) is 26.0 Å². The van der Waals surface area contributed by atoms with Crippen LogP contribution in [0.15, 0.2) is 30.5 Å². The monoisotopic (exact) mass is 425 g/mol. The van der Waals surface area contributed by atoms with Gasteiger partial charge in [-0.2, -0.15) is 0 Å². The molecule has 4 rings (SSSR count). The molecule has 0 fully saturated rings. The minimum atomic E-state index is -0.240. The Kier molecular flexibility index (Phi) is 5.29. The standard InChI is InChI=1S/C21H23N5O3S/c1-13-10-26-17(14(2)22-21(26)30-13)11-24(3)19(28)8-9-20(29)25-12-18(27)23-15-6-4-5-7-16(15)25/h4-7,10H,8-9,11-12H2,1-3H3,(H,23,27). The molecular weight excluding hydrogens is 402 g/mol. The van der Waals surface area contributed by atoms with E-state index in [-0.39, 0.29) is 37.1 Å². The van der Waals surface area contributed by atoms with Crippen molar-refractivity contribution in [3.05, 3.63) is 46.7 Å². The topological polar surface area (TPSA) is 87.0 Å². The number of fused-ring (bicyclic) bond motifs is 2. The maximum absolute atomic E-state index is 12.7. The van der Waals surface area contributed by atoms with Crippen molar-refractivity contribution in [3.63, 3.8) is 0 Å². The Morgan fingerprint density at radius 1 is 1.23 bits per heavy atom. The molecule has 0 atom stereocenters. The third-order valence-electron chi connectivity index (χ3n) is 5.18. The quantitative estimate of drug-likeness (QED) is 0.681. The van der Waals surface area contributed by atoms with Crippen molar-refractivity contribution in [3.8, 4) is 0 Å². The van der Waals surface area contributed by atoms with Crippen molar-refractivity contribution < 1.29 is 14.4 Å². The number of carbonyl (C=O) groups excluding carboxylic acids is 3. The molecule has 0 saturated carbocycles. The second-order valence-corrected chi connectivity index (χ2v) is 8.65. The lowest BCUT2D eigenvalue weighted by atomic mass is 10.1. The number of nitrogens with one attached hydrogen (secondary N) is 1. The van der Waals surface area contributed by atoms with E-state index >= 15 is 0 Å². The molecule has 1 N–H and O–H groups in total. The predicted molar refractivity (Wildman–Crippen MR) is 116 cm³/mol. The van der Waals surface area contributed by atoms with Crippen LogP contribution in [0, 0.1) is 13.8 Å². The Labute approximate surface area is 178 Å². The van der Waals surface area contributed by atoms with Gasteiger partial charge in [-0.25, -0.2) is 4.98 Å². The van der Waals surface area contributed by atoms with Gasteiger partial charge in [0.25, 0.3) is 0 Å². The van der Waals surface area contributed by atoms with E-state index in [1.165, 1.54) is 4.90 Å². The van der Waals surface area contributed by atoms with Crippen LogP contribution in [-0.4, -0.2) is 45.6 Å². The Morgan fingerprint density at radius 3 is 2.80 bits per heavy atom. The number of carbonyl (C=O) groups is 3. The minimum absolute atomic E-state index is 0.0373. The summed E-state index contributed by atoms with van der Waals surface area (Å²) in [5.74, 6) is -0.605. The number of thiazole rings is 1. The van der Waals surface area contributed by atoms with Gasteiger partial charge in [-0.1, -0.05) is 12.1 Å². The maximum Gasteiger partial charge on any atom is 0.244 e. The number of anilines is 2. The number of rotatable bonds is 5. The zero-order valence-electron chi connectivity index (χ0n) is 17.1. The molecule has 8 nitrogen and oxygen atoms in total. The fourth-order valence-electron chi connectivity index (χ4n) is 3.61. The molecule has 1 aromatic carbocycles. The second kappa shape index (κ2) is 7.91. The molecule has 0 unspecified atom stereocenters. The van der Waals surface area contributed by atoms with Crippen LogP contribution in [0.5, 0.6) is 0 Å². The van der Waals surface area contributed by atoms with Crippen LogP contribution in [0.4, 0.5) is 11.4 Å². The first-order valence-corrected chi connectivity index (χ1v) is 10.5. The number of amides is 3. The highest BCUT2D eigenvalue weighted by molar-refractivity contribution is 7.17. The molecule has 0 spiro atoms. The number of para-hydroxylation sites is 2. The number of imidazole rings is 1. The van der Waals surface area contributed by atoms with Crippen molar-refractivity contribution in [1.29, 1.82) is 0 Å². The Bertz CT molecular complexity index is 1150. The van der Waals surface area contributed by atoms with Gasteiger partial charge in [-0.3, -0.25) is 18.8 Å². The zero-order valence-corrected chi connectivity index (χ0v) is 18.0. The summed E-state index contributed by atoms with van der Waals surface area (Å²) >= 11 is 1.61. The Morgan fingerprint density at radius 2 is 2.00 bits per heavy atom. The largest absolute Gasteiger partial charge is 0.340 e. The van der Waals surface area contributed by atoms with Gasteiger partial charge >= 0.3 is 0 Å². The van der Waals surface area contributed by atoms with Crippen LogP contribution in [0.2, 0.25) is 0 Å². The Balaban J connectivity index is 1.40. The van der Waals surface area contributed by atoms with Crippen molar-refractivity contribution in [2.45, 2.75) is 33.2 Å². The minimum Gasteiger partial charge on any atom is -0.340 e. The first kappa shape index (κ1) is 20.1. The average Bonchev–Trinajstić information content (AvgIpc) is 3.20. The van der Waals surface area contributed by atoms with Gasteiger partial charge in [-0.15, -0.1) is 11.3 Å². The summed E-state index contributed by atoms with van der Waals surface area (Å²) in [5.41, 5.74) is 3.14. The van der Waals surface area contributed by atoms with Crippen molar-refractivity contribution in [2.75, 3.05) is 23.8 Å². The third kappa shape index (κ3) is 3.80. The summed E-state index contributed by atoms with van der Waals surface area (Å²) in [7, 11) is 1.73. The summed E-state index contributed by atoms with van der Waals surface area (Å²) in [4.78, 5) is 47.0. The highest BCUT2D eigenvalue weighted by Crippen LogP contribution is 2.29. The van der Waals surface area contributed by atoms with E-state index < -0.39 is 0 Å². The molecule has 3 aromatic rings. The zero-order chi connectivity index (χ0) is 21.4. The first-order valence-electron chi connectivity index (χ1n) is 9.70. The molecule has 3 amide bonds. The van der Waals surface area contributed by atoms with Gasteiger partial charge in [0, 0.05) is 31.0 Å². The van der Waals surface area contributed by atoms with Crippen LogP contribution in [-0.2, 0) is 20.9 Å². The molecule has 3 heterocycles. The molecular formula is C21H23N5O3S. The molecule has 1 aliphatic rings. The van der Waals surface area contributed by atoms with E-state index in [4.69, 9.17) is 0 Å². The lowest BCUT2D eigenvalue weighted by Gasteiger charge is -2.29. The van der Waals surface area contributed by atoms with E-state index in [0.717, 1.165) is 21.2 Å². The van der Waals surface area contributed by atoms with Gasteiger partial charge in [0.1, 0.15) is 6.54 Å². The highest BCUT2D eigenvalue weighted by atomic mass is 32.1. The molecule has 1 aliphatic heterocycles. The molecule has 2 aromatic heterocycles. The van der Waals surface area contributed by atoms with Crippen LogP contribution in [0.1, 0.15) is 29.1 Å². The van der Waals surface area contributed by atoms with Gasteiger partial charge in [0.15, 0.2) is 4.96 Å². The predicted octanol–water partition coefficient (Wildman–Crippen LogP) is 2.74. The number of aryl methyl sites for hydroxylation is 2. The van der Waals surface area contributed by atoms with Crippen LogP contribution in [0.3, 0.4) is 0 Å². The van der Waals surface area contributed by atoms with E-state index in [2.05, 4.69) is 10.3 Å². The molecule has 0 radical (unpaired) electrons. The lowest BCUT2D eigenvalue weighted by Crippen LogP contribution is -2.42. The van der Waals surface area contributed by atoms with Crippen LogP contribution < -0.4 is 10.2 Å². The maximum atomic E-state index is 12.7. The Hall–Kier alpha value is -3.20. The summed E-state index contributed by atoms with van der Waals surface area (Å²) < 4.78 is 2.02. The molecule has 0 saturated heterocycles. The van der Waals surface area contributed by atoms with E-state index in [0.29, 0.717) is 17.9 Å². The smallest absolute Gasteiger partial charge is 0.244 e. The molecule has 0 aliphatic carbocycles. The molecule has 0 bridgehead atoms. The van der Waals surface area contributed by atoms with Gasteiger partial charge < -0.3 is 15.1 Å². The number of hydrogen-bond donors (Lipinski definition) is 1. The molecule has 30 heavy (non-hydrogen) atoms. The van der Waals surface area contributed by atoms with Crippen LogP contribution in [0.25, 0.3) is 4.96 Å². The normalized spacial score (nSPS) is 13.3. The van der Waals surface area contributed by atoms with E-state index in [9.17, 15) is 14.4 Å². The summed E-state index contributed by atoms with van der Waals surface area (Å²) in [6.45, 7) is 4.35. The van der Waals surface area contributed by atoms with E-state index in [1.807, 2.05) is 30.5 Å². The fourth-order valence-corrected chi connectivity index (χ4v) is 4.50. The summed E-state index contributed by atoms with van der Waals surface area (Å²) in [5, 5.41) is 2.76. The summed E-state index contributed by atoms with van der Waals surface area (Å²) in [6.07, 6.45) is 2.15. The average molecular weight is 426 g/mol. The van der Waals surface area contributed by atoms with Gasteiger partial charge in [0.05, 0.1) is 29.3 Å². The van der Waals surface area contributed by atoms with Crippen molar-refractivity contribution in [2.24, 2.45) is 0 Å². The number of benzene rings is 1. The number of hydrogen-bond acceptors (Lipinski definition) is 5. The summed E-state index contributed by atoms with van der Waals surface area (Å²) in [6, 6.07) is 7.16. The van der Waals surface area contributed by atoms with Crippen molar-refractivity contribution in [1.82, 2.24) is 14.3 Å². The first-order chi connectivity index (χ1) is 14.3. The molecule has 9 heteroatoms. The molecule has 156 valence electrons. The third-order valence-corrected chi connectivity index (χ3v) is 6.08. The van der Waals surface area contributed by atoms with Crippen molar-refractivity contribution >= 4 is 45.4 Å². The highest BCUT2D eigenvalue weighted by Gasteiger charge is 2.27. The number of aromatic nitrogens is 2. The van der Waals surface area contributed by atoms with Crippen LogP contribution >= 0.6 is 11.3 Å². The van der Waals surface area contributed by atoms with E-state index in [1.54, 1.807) is 41.5 Å². The SMILES string of the molecule is Cc1cn2c(CN(C)C(=O)CCC(=O)N3CC(=O)Nc4ccccc43)c(C)nc2s1. The van der Waals surface area contributed by atoms with Gasteiger partial charge in [0.2, 0.25) is 17.7 Å².